The fraction of sp³-hybridized carbons (Fsp3) is 0.667. The van der Waals surface area contributed by atoms with Gasteiger partial charge in [0.05, 0.1) is 0 Å². The first-order valence-corrected chi connectivity index (χ1v) is 13.0. The second kappa shape index (κ2) is 9.17. The molecule has 3 unspecified atom stereocenters. The molecule has 1 aromatic heterocycles. The minimum Gasteiger partial charge on any atom is -0.387 e. The molecule has 0 spiro atoms. The van der Waals surface area contributed by atoms with Gasteiger partial charge >= 0.3 is 29.2 Å². The number of aromatic amines is 1. The van der Waals surface area contributed by atoms with E-state index in [0.717, 1.165) is 26.1 Å². The lowest BCUT2D eigenvalue weighted by Crippen LogP contribution is -2.53. The molecule has 33 heavy (non-hydrogen) atoms. The van der Waals surface area contributed by atoms with Crippen molar-refractivity contribution in [1.29, 1.82) is 0 Å². The van der Waals surface area contributed by atoms with E-state index in [4.69, 9.17) is 14.5 Å². The molecule has 0 radical (unpaired) electrons. The lowest BCUT2D eigenvalue weighted by Gasteiger charge is -2.34. The van der Waals surface area contributed by atoms with Crippen molar-refractivity contribution in [3.63, 3.8) is 0 Å². The molecule has 0 saturated carbocycles. The Kier molecular flexibility index (Phi) is 7.82. The summed E-state index contributed by atoms with van der Waals surface area (Å²) in [5.74, 6) is 0. The van der Waals surface area contributed by atoms with Gasteiger partial charge in [0, 0.05) is 12.3 Å². The van der Waals surface area contributed by atoms with Crippen LogP contribution in [0, 0.1) is 0 Å². The Morgan fingerprint density at radius 1 is 1.18 bits per heavy atom. The number of hydrogen-bond acceptors (Lipinski definition) is 11. The van der Waals surface area contributed by atoms with Crippen LogP contribution < -0.4 is 11.2 Å². The molecule has 0 aromatic carbocycles. The summed E-state index contributed by atoms with van der Waals surface area (Å²) in [6.07, 6.45) is -5.35. The van der Waals surface area contributed by atoms with Gasteiger partial charge in [-0.2, -0.15) is 8.62 Å². The molecule has 1 aliphatic heterocycles. The van der Waals surface area contributed by atoms with Gasteiger partial charge in [0.25, 0.3) is 5.56 Å². The van der Waals surface area contributed by atoms with E-state index in [1.165, 1.54) is 0 Å². The first-order chi connectivity index (χ1) is 14.7. The minimum atomic E-state index is -5.86. The van der Waals surface area contributed by atoms with Crippen LogP contribution in [0.5, 0.6) is 0 Å². The topological polar surface area (TPSA) is 264 Å². The number of H-pyrrole nitrogens is 1. The van der Waals surface area contributed by atoms with Crippen molar-refractivity contribution in [3.05, 3.63) is 33.1 Å². The smallest absolute Gasteiger partial charge is 0.387 e. The molecule has 0 bridgehead atoms. The normalized spacial score (nSPS) is 30.0. The number of rotatable bonds is 9. The van der Waals surface area contributed by atoms with Crippen molar-refractivity contribution in [1.82, 2.24) is 9.55 Å². The lowest BCUT2D eigenvalue weighted by molar-refractivity contribution is -0.129. The Balaban J connectivity index is 2.35. The highest BCUT2D eigenvalue weighted by Gasteiger charge is 2.62. The maximum Gasteiger partial charge on any atom is 0.490 e. The number of phosphoric acid groups is 3. The van der Waals surface area contributed by atoms with Crippen LogP contribution in [-0.2, 0) is 31.6 Å². The average molecular weight is 544 g/mol. The monoisotopic (exact) mass is 544 g/mol. The van der Waals surface area contributed by atoms with E-state index in [0.29, 0.717) is 4.57 Å². The van der Waals surface area contributed by atoms with E-state index in [1.54, 1.807) is 0 Å². The van der Waals surface area contributed by atoms with Crippen LogP contribution in [0.4, 0.5) is 4.39 Å². The SMILES string of the molecule is CC(C)(OP(=O)(O)OP(=O)(O)OP(=O)(O)O)[C@H]1O[C@@H](n2ccc(=O)[nH]c2=O)C(O)(CF)[C@H]1O. The summed E-state index contributed by atoms with van der Waals surface area (Å²) in [6.45, 7) is 0.137. The van der Waals surface area contributed by atoms with Gasteiger partial charge in [0.15, 0.2) is 11.8 Å². The summed E-state index contributed by atoms with van der Waals surface area (Å²) >= 11 is 0. The van der Waals surface area contributed by atoms with E-state index >= 15 is 0 Å². The first-order valence-electron chi connectivity index (χ1n) is 8.51. The summed E-state index contributed by atoms with van der Waals surface area (Å²) in [5, 5.41) is 21.1. The number of aliphatic hydroxyl groups excluding tert-OH is 1. The number of nitrogens with zero attached hydrogens (tertiary/aromatic N) is 1. The summed E-state index contributed by atoms with van der Waals surface area (Å²) in [6, 6.07) is 0.820. The first kappa shape index (κ1) is 28.1. The highest BCUT2D eigenvalue weighted by molar-refractivity contribution is 7.66. The van der Waals surface area contributed by atoms with Gasteiger partial charge < -0.3 is 34.5 Å². The Morgan fingerprint density at radius 2 is 1.76 bits per heavy atom. The van der Waals surface area contributed by atoms with E-state index in [-0.39, 0.29) is 0 Å². The zero-order chi connectivity index (χ0) is 25.6. The molecule has 17 nitrogen and oxygen atoms in total. The van der Waals surface area contributed by atoms with Crippen molar-refractivity contribution in [3.8, 4) is 0 Å². The molecular formula is C12H20FN2O15P3. The number of aliphatic hydroxyl groups is 2. The van der Waals surface area contributed by atoms with E-state index in [2.05, 4.69) is 13.1 Å². The number of ether oxygens (including phenoxy) is 1. The molecule has 190 valence electrons. The van der Waals surface area contributed by atoms with Crippen LogP contribution >= 0.6 is 23.5 Å². The quantitative estimate of drug-likeness (QED) is 0.177. The third-order valence-corrected chi connectivity index (χ3v) is 8.30. The molecule has 1 aliphatic rings. The molecule has 7 N–H and O–H groups in total. The van der Waals surface area contributed by atoms with Crippen LogP contribution in [0.3, 0.4) is 0 Å². The van der Waals surface area contributed by atoms with E-state index in [9.17, 15) is 47.7 Å². The van der Waals surface area contributed by atoms with Crippen molar-refractivity contribution in [2.45, 2.75) is 43.5 Å². The Morgan fingerprint density at radius 3 is 2.24 bits per heavy atom. The third-order valence-electron chi connectivity index (χ3n) is 4.27. The van der Waals surface area contributed by atoms with Gasteiger partial charge in [-0.25, -0.2) is 22.9 Å². The average Bonchev–Trinajstić information content (AvgIpc) is 2.83. The minimum absolute atomic E-state index is 0.519. The molecule has 2 rings (SSSR count). The largest absolute Gasteiger partial charge is 0.490 e. The molecule has 2 heterocycles. The number of aromatic nitrogens is 2. The van der Waals surface area contributed by atoms with Crippen LogP contribution in [0.1, 0.15) is 20.1 Å². The second-order valence-corrected chi connectivity index (χ2v) is 11.6. The predicted octanol–water partition coefficient (Wildman–Crippen LogP) is -1.38. The summed E-state index contributed by atoms with van der Waals surface area (Å²) in [5.41, 5.74) is -7.13. The van der Waals surface area contributed by atoms with Crippen LogP contribution in [0.15, 0.2) is 21.9 Å². The lowest BCUT2D eigenvalue weighted by atomic mass is 9.88. The van der Waals surface area contributed by atoms with Gasteiger partial charge in [-0.15, -0.1) is 0 Å². The summed E-state index contributed by atoms with van der Waals surface area (Å²) in [7, 11) is -17.2. The van der Waals surface area contributed by atoms with Crippen LogP contribution in [0.25, 0.3) is 0 Å². The zero-order valence-corrected chi connectivity index (χ0v) is 19.3. The van der Waals surface area contributed by atoms with Gasteiger partial charge in [0.2, 0.25) is 0 Å². The molecule has 0 aliphatic carbocycles. The molecule has 1 fully saturated rings. The number of alkyl halides is 1. The molecule has 21 heteroatoms. The number of halogens is 1. The van der Waals surface area contributed by atoms with Gasteiger partial charge in [0.1, 0.15) is 24.5 Å². The second-order valence-electron chi connectivity index (χ2n) is 7.28. The van der Waals surface area contributed by atoms with Gasteiger partial charge in [-0.1, -0.05) is 0 Å². The number of hydrogen-bond donors (Lipinski definition) is 7. The fourth-order valence-electron chi connectivity index (χ4n) is 2.99. The standard InChI is InChI=1S/C12H20FN2O15P3/c1-11(2,28-32(23,24)30-33(25,26)29-31(20,21)22)8-7(17)12(19,5-13)9(27-8)15-4-3-6(16)14-10(15)18/h3-4,7-9,17,19H,5H2,1-2H3,(H,23,24)(H,25,26)(H,14,16,18)(H2,20,21,22)/t7-,8-,9+,12?/m0/s1. The Bertz CT molecular complexity index is 1150. The van der Waals surface area contributed by atoms with Gasteiger partial charge in [-0.3, -0.25) is 18.9 Å². The van der Waals surface area contributed by atoms with Crippen LogP contribution in [-0.4, -0.2) is 69.4 Å². The van der Waals surface area contributed by atoms with Crippen molar-refractivity contribution >= 4 is 23.5 Å². The van der Waals surface area contributed by atoms with Crippen molar-refractivity contribution < 1.29 is 65.8 Å². The summed E-state index contributed by atoms with van der Waals surface area (Å²) in [4.78, 5) is 61.2. The fourth-order valence-corrected chi connectivity index (χ4v) is 6.33. The van der Waals surface area contributed by atoms with E-state index < -0.39 is 71.0 Å². The van der Waals surface area contributed by atoms with Crippen molar-refractivity contribution in [2.24, 2.45) is 0 Å². The van der Waals surface area contributed by atoms with Crippen molar-refractivity contribution in [2.75, 3.05) is 6.67 Å². The highest BCUT2D eigenvalue weighted by Crippen LogP contribution is 2.67. The Hall–Kier alpha value is -1.10. The number of phosphoric ester groups is 1. The highest BCUT2D eigenvalue weighted by atomic mass is 31.3. The third kappa shape index (κ3) is 6.52. The van der Waals surface area contributed by atoms with Gasteiger partial charge in [-0.05, 0) is 13.8 Å². The molecule has 1 saturated heterocycles. The summed E-state index contributed by atoms with van der Waals surface area (Å²) < 4.78 is 65.7. The zero-order valence-electron chi connectivity index (χ0n) is 16.6. The Labute approximate surface area is 182 Å². The molecular weight excluding hydrogens is 524 g/mol. The maximum atomic E-state index is 13.8. The molecule has 0 amide bonds. The molecule has 1 aromatic rings. The maximum absolute atomic E-state index is 13.8. The predicted molar refractivity (Wildman–Crippen MR) is 101 cm³/mol. The molecule has 6 atom stereocenters. The van der Waals surface area contributed by atoms with E-state index in [1.807, 2.05) is 4.98 Å². The van der Waals surface area contributed by atoms with Crippen LogP contribution in [0.2, 0.25) is 0 Å². The number of nitrogens with one attached hydrogen (secondary N) is 1.